The number of nitrogens with two attached hydrogens (primary N) is 1. The predicted octanol–water partition coefficient (Wildman–Crippen LogP) is 2.68. The first-order chi connectivity index (χ1) is 16.6. The van der Waals surface area contributed by atoms with E-state index in [9.17, 15) is 14.7 Å². The van der Waals surface area contributed by atoms with Gasteiger partial charge in [0.15, 0.2) is 11.5 Å². The minimum Gasteiger partial charge on any atom is -0.390 e. The molecule has 3 aliphatic rings. The molecule has 2 aromatic heterocycles. The summed E-state index contributed by atoms with van der Waals surface area (Å²) in [5, 5.41) is 17.2. The van der Waals surface area contributed by atoms with E-state index in [-0.39, 0.29) is 35.3 Å². The van der Waals surface area contributed by atoms with Crippen LogP contribution in [0.4, 0.5) is 5.82 Å². The molecule has 1 aliphatic heterocycles. The number of aliphatic hydroxyl groups is 1. The number of rotatable bonds is 5. The van der Waals surface area contributed by atoms with Gasteiger partial charge in [-0.25, -0.2) is 9.50 Å². The van der Waals surface area contributed by atoms with Crippen LogP contribution in [0, 0.1) is 12.8 Å². The average molecular weight is 475 g/mol. The quantitative estimate of drug-likeness (QED) is 0.522. The molecule has 3 heterocycles. The molecule has 4 N–H and O–H groups in total. The van der Waals surface area contributed by atoms with Crippen molar-refractivity contribution >= 4 is 23.3 Å². The van der Waals surface area contributed by atoms with Crippen LogP contribution in [0.1, 0.15) is 71.4 Å². The van der Waals surface area contributed by atoms with Crippen LogP contribution < -0.4 is 11.1 Å². The first-order valence-electron chi connectivity index (χ1n) is 12.2. The molecule has 2 amide bonds. The number of anilines is 1. The van der Waals surface area contributed by atoms with E-state index in [0.29, 0.717) is 36.6 Å². The van der Waals surface area contributed by atoms with Crippen molar-refractivity contribution in [2.75, 3.05) is 5.73 Å². The fourth-order valence-electron chi connectivity index (χ4n) is 5.69. The number of nitrogen functional groups attached to an aromatic ring is 1. The van der Waals surface area contributed by atoms with Gasteiger partial charge in [0.2, 0.25) is 0 Å². The van der Waals surface area contributed by atoms with Crippen LogP contribution in [0.5, 0.6) is 0 Å². The Balaban J connectivity index is 1.32. The van der Waals surface area contributed by atoms with E-state index < -0.39 is 5.60 Å². The van der Waals surface area contributed by atoms with Gasteiger partial charge in [0.05, 0.1) is 11.3 Å². The Kier molecular flexibility index (Phi) is 4.73. The maximum Gasteiger partial charge on any atom is 0.259 e. The lowest BCUT2D eigenvalue weighted by Gasteiger charge is -2.41. The van der Waals surface area contributed by atoms with Gasteiger partial charge in [0.25, 0.3) is 11.8 Å². The number of hydrogen-bond donors (Lipinski definition) is 3. The first-order valence-corrected chi connectivity index (χ1v) is 12.2. The van der Waals surface area contributed by atoms with E-state index >= 15 is 0 Å². The number of aromatic nitrogens is 3. The first kappa shape index (κ1) is 22.0. The molecule has 2 saturated carbocycles. The van der Waals surface area contributed by atoms with E-state index in [1.165, 1.54) is 17.4 Å². The SMILES string of the molecule is Cc1cc(-c2ccn3nc(N)c(C(=O)N[C@H]4C[C@](C)(O)C4)c3n2)cc2c1C(=O)N([C@@H](C)C1CC1)C2. The molecule has 0 saturated heterocycles. The van der Waals surface area contributed by atoms with Crippen molar-refractivity contribution in [1.82, 2.24) is 24.8 Å². The van der Waals surface area contributed by atoms with Crippen LogP contribution in [0.2, 0.25) is 0 Å². The van der Waals surface area contributed by atoms with Crippen LogP contribution in [0.15, 0.2) is 24.4 Å². The molecular formula is C26H30N6O3. The number of fused-ring (bicyclic) bond motifs is 2. The third kappa shape index (κ3) is 3.65. The highest BCUT2D eigenvalue weighted by Crippen LogP contribution is 2.40. The zero-order chi connectivity index (χ0) is 24.6. The van der Waals surface area contributed by atoms with Crippen LogP contribution in [-0.2, 0) is 6.54 Å². The third-order valence-corrected chi connectivity index (χ3v) is 7.77. The van der Waals surface area contributed by atoms with Gasteiger partial charge in [-0.3, -0.25) is 9.59 Å². The van der Waals surface area contributed by atoms with Gasteiger partial charge >= 0.3 is 0 Å². The molecule has 182 valence electrons. The minimum absolute atomic E-state index is 0.104. The Bertz CT molecular complexity index is 1380. The van der Waals surface area contributed by atoms with E-state index in [2.05, 4.69) is 17.3 Å². The van der Waals surface area contributed by atoms with E-state index in [0.717, 1.165) is 22.3 Å². The average Bonchev–Trinajstić information content (AvgIpc) is 3.49. The highest BCUT2D eigenvalue weighted by atomic mass is 16.3. The maximum atomic E-state index is 13.1. The van der Waals surface area contributed by atoms with Gasteiger partial charge < -0.3 is 21.1 Å². The standard InChI is InChI=1S/C26H30N6O3/c1-13-8-16(9-17-12-31(25(34)20(13)17)14(2)15-4-5-15)19-6-7-32-23(29-19)21(22(27)30-32)24(33)28-18-10-26(3,35)11-18/h6-9,14-15,18,35H,4-5,10-12H2,1-3H3,(H2,27,30)(H,28,33)/t14-,18-,26-/m0/s1. The monoisotopic (exact) mass is 474 g/mol. The number of aryl methyl sites for hydroxylation is 1. The van der Waals surface area contributed by atoms with Gasteiger partial charge in [-0.2, -0.15) is 0 Å². The van der Waals surface area contributed by atoms with Gasteiger partial charge in [-0.05, 0) is 81.7 Å². The number of carbonyl (C=O) groups excluding carboxylic acids is 2. The Morgan fingerprint density at radius 1 is 1.31 bits per heavy atom. The van der Waals surface area contributed by atoms with Crippen LogP contribution >= 0.6 is 0 Å². The summed E-state index contributed by atoms with van der Waals surface area (Å²) < 4.78 is 1.51. The Labute approximate surface area is 203 Å². The molecule has 2 aliphatic carbocycles. The fraction of sp³-hybridized carbons (Fsp3) is 0.462. The highest BCUT2D eigenvalue weighted by molar-refractivity contribution is 6.04. The summed E-state index contributed by atoms with van der Waals surface area (Å²) in [4.78, 5) is 32.9. The number of nitrogens with zero attached hydrogens (tertiary/aromatic N) is 4. The Hall–Kier alpha value is -3.46. The minimum atomic E-state index is -0.741. The number of amides is 2. The molecule has 9 nitrogen and oxygen atoms in total. The van der Waals surface area contributed by atoms with Crippen molar-refractivity contribution in [2.45, 2.75) is 70.7 Å². The van der Waals surface area contributed by atoms with Crippen LogP contribution in [0.25, 0.3) is 16.9 Å². The predicted molar refractivity (Wildman–Crippen MR) is 131 cm³/mol. The van der Waals surface area contributed by atoms with Gasteiger partial charge in [-0.1, -0.05) is 0 Å². The Morgan fingerprint density at radius 3 is 2.74 bits per heavy atom. The zero-order valence-corrected chi connectivity index (χ0v) is 20.2. The van der Waals surface area contributed by atoms with Crippen molar-refractivity contribution in [2.24, 2.45) is 5.92 Å². The smallest absolute Gasteiger partial charge is 0.259 e. The summed E-state index contributed by atoms with van der Waals surface area (Å²) in [6, 6.07) is 6.01. The van der Waals surface area contributed by atoms with E-state index in [4.69, 9.17) is 10.7 Å². The maximum absolute atomic E-state index is 13.1. The molecule has 9 heteroatoms. The lowest BCUT2D eigenvalue weighted by atomic mass is 9.77. The molecule has 6 rings (SSSR count). The zero-order valence-electron chi connectivity index (χ0n) is 20.2. The molecule has 0 radical (unpaired) electrons. The van der Waals surface area contributed by atoms with E-state index in [1.54, 1.807) is 13.1 Å². The van der Waals surface area contributed by atoms with Crippen LogP contribution in [0.3, 0.4) is 0 Å². The second kappa shape index (κ2) is 7.52. The normalized spacial score (nSPS) is 24.4. The summed E-state index contributed by atoms with van der Waals surface area (Å²) in [5.41, 5.74) is 10.3. The van der Waals surface area contributed by atoms with Gasteiger partial charge in [-0.15, -0.1) is 5.10 Å². The second-order valence-corrected chi connectivity index (χ2v) is 10.8. The molecule has 2 fully saturated rings. The molecular weight excluding hydrogens is 444 g/mol. The molecule has 0 unspecified atom stereocenters. The lowest BCUT2D eigenvalue weighted by molar-refractivity contribution is -0.0366. The van der Waals surface area contributed by atoms with Crippen molar-refractivity contribution in [3.05, 3.63) is 46.6 Å². The van der Waals surface area contributed by atoms with Crippen molar-refractivity contribution in [1.29, 1.82) is 0 Å². The van der Waals surface area contributed by atoms with E-state index in [1.807, 2.05) is 30.0 Å². The van der Waals surface area contributed by atoms with Crippen LogP contribution in [-0.4, -0.2) is 54.1 Å². The molecule has 1 aromatic carbocycles. The molecule has 1 atom stereocenters. The topological polar surface area (TPSA) is 126 Å². The summed E-state index contributed by atoms with van der Waals surface area (Å²) in [7, 11) is 0. The fourth-order valence-corrected chi connectivity index (χ4v) is 5.69. The summed E-state index contributed by atoms with van der Waals surface area (Å²) in [6.07, 6.45) is 5.13. The molecule has 35 heavy (non-hydrogen) atoms. The van der Waals surface area contributed by atoms with Gasteiger partial charge in [0.1, 0.15) is 5.56 Å². The van der Waals surface area contributed by atoms with Crippen molar-refractivity contribution < 1.29 is 14.7 Å². The number of hydrogen-bond acceptors (Lipinski definition) is 6. The highest BCUT2D eigenvalue weighted by Gasteiger charge is 2.40. The molecule has 0 bridgehead atoms. The Morgan fingerprint density at radius 2 is 2.06 bits per heavy atom. The largest absolute Gasteiger partial charge is 0.390 e. The molecule has 0 spiro atoms. The number of nitrogens with one attached hydrogen (secondary N) is 1. The summed E-state index contributed by atoms with van der Waals surface area (Å²) in [5.74, 6) is 0.492. The van der Waals surface area contributed by atoms with Crippen molar-refractivity contribution in [3.8, 4) is 11.3 Å². The third-order valence-electron chi connectivity index (χ3n) is 7.77. The second-order valence-electron chi connectivity index (χ2n) is 10.8. The van der Waals surface area contributed by atoms with Crippen molar-refractivity contribution in [3.63, 3.8) is 0 Å². The number of carbonyl (C=O) groups is 2. The summed E-state index contributed by atoms with van der Waals surface area (Å²) in [6.45, 7) is 6.48. The lowest BCUT2D eigenvalue weighted by Crippen LogP contribution is -2.53. The molecule has 3 aromatic rings. The number of benzene rings is 1. The summed E-state index contributed by atoms with van der Waals surface area (Å²) >= 11 is 0. The van der Waals surface area contributed by atoms with Gasteiger partial charge in [0, 0.05) is 36.0 Å².